The van der Waals surface area contributed by atoms with Crippen LogP contribution in [0.3, 0.4) is 0 Å². The Balaban J connectivity index is 1.88. The molecule has 0 saturated carbocycles. The van der Waals surface area contributed by atoms with E-state index in [4.69, 9.17) is 25.5 Å². The zero-order valence-corrected chi connectivity index (χ0v) is 16.9. The fourth-order valence-corrected chi connectivity index (χ4v) is 2.93. The lowest BCUT2D eigenvalue weighted by Gasteiger charge is -2.13. The molecule has 0 aliphatic heterocycles. The number of fused-ring (bicyclic) bond motifs is 1. The number of halogens is 1. The second-order valence-corrected chi connectivity index (χ2v) is 6.65. The molecule has 1 aromatic heterocycles. The van der Waals surface area contributed by atoms with E-state index in [0.29, 0.717) is 33.1 Å². The molecule has 2 aromatic carbocycles. The highest BCUT2D eigenvalue weighted by atomic mass is 35.5. The molecule has 0 fully saturated rings. The van der Waals surface area contributed by atoms with Gasteiger partial charge in [0, 0.05) is 28.1 Å². The number of ether oxygens (including phenoxy) is 3. The van der Waals surface area contributed by atoms with Gasteiger partial charge < -0.3 is 18.6 Å². The van der Waals surface area contributed by atoms with Gasteiger partial charge in [-0.2, -0.15) is 0 Å². The van der Waals surface area contributed by atoms with Gasteiger partial charge in [-0.1, -0.05) is 17.7 Å². The molecule has 0 bridgehead atoms. The van der Waals surface area contributed by atoms with E-state index in [-0.39, 0.29) is 6.61 Å². The third kappa shape index (κ3) is 4.78. The third-order valence-electron chi connectivity index (χ3n) is 4.29. The van der Waals surface area contributed by atoms with E-state index < -0.39 is 11.6 Å². The Morgan fingerprint density at radius 1 is 1.14 bits per heavy atom. The van der Waals surface area contributed by atoms with Gasteiger partial charge >= 0.3 is 11.6 Å². The van der Waals surface area contributed by atoms with Crippen LogP contribution in [0.25, 0.3) is 17.0 Å². The SMILES string of the molecule is COC(=O)/C=C/c1ccc(OCc2cc(=O)oc3cc(C)c(Cl)cc23)c(OC)c1. The fourth-order valence-electron chi connectivity index (χ4n) is 2.76. The summed E-state index contributed by atoms with van der Waals surface area (Å²) >= 11 is 6.22. The van der Waals surface area contributed by atoms with Crippen molar-refractivity contribution in [2.75, 3.05) is 14.2 Å². The van der Waals surface area contributed by atoms with E-state index in [1.807, 2.05) is 6.92 Å². The van der Waals surface area contributed by atoms with Crippen molar-refractivity contribution in [3.05, 3.63) is 74.6 Å². The zero-order valence-electron chi connectivity index (χ0n) is 16.2. The van der Waals surface area contributed by atoms with Crippen LogP contribution < -0.4 is 15.1 Å². The van der Waals surface area contributed by atoms with Crippen LogP contribution in [-0.4, -0.2) is 20.2 Å². The van der Waals surface area contributed by atoms with E-state index >= 15 is 0 Å². The first-order chi connectivity index (χ1) is 13.9. The largest absolute Gasteiger partial charge is 0.493 e. The average Bonchev–Trinajstić information content (AvgIpc) is 2.71. The van der Waals surface area contributed by atoms with Crippen molar-refractivity contribution < 1.29 is 23.4 Å². The molecule has 0 amide bonds. The van der Waals surface area contributed by atoms with E-state index in [9.17, 15) is 9.59 Å². The molecule has 150 valence electrons. The number of aryl methyl sites for hydroxylation is 1. The summed E-state index contributed by atoms with van der Waals surface area (Å²) in [6, 6.07) is 10.1. The number of hydrogen-bond donors (Lipinski definition) is 0. The molecule has 0 saturated heterocycles. The van der Waals surface area contributed by atoms with Crippen molar-refractivity contribution in [1.82, 2.24) is 0 Å². The predicted octanol–water partition coefficient (Wildman–Crippen LogP) is 4.53. The number of hydrogen-bond acceptors (Lipinski definition) is 6. The summed E-state index contributed by atoms with van der Waals surface area (Å²) < 4.78 is 21.1. The summed E-state index contributed by atoms with van der Waals surface area (Å²) in [4.78, 5) is 23.1. The highest BCUT2D eigenvalue weighted by Gasteiger charge is 2.11. The van der Waals surface area contributed by atoms with Gasteiger partial charge in [-0.15, -0.1) is 0 Å². The standard InChI is InChI=1S/C22H19ClO6/c1-13-8-19-16(11-17(13)23)15(10-22(25)29-19)12-28-18-6-4-14(9-20(18)26-2)5-7-21(24)27-3/h4-11H,12H2,1-3H3/b7-5+. The van der Waals surface area contributed by atoms with Crippen LogP contribution in [0.1, 0.15) is 16.7 Å². The monoisotopic (exact) mass is 414 g/mol. The van der Waals surface area contributed by atoms with Crippen LogP contribution in [0.5, 0.6) is 11.5 Å². The van der Waals surface area contributed by atoms with Crippen LogP contribution in [-0.2, 0) is 16.1 Å². The molecule has 1 heterocycles. The zero-order chi connectivity index (χ0) is 21.0. The van der Waals surface area contributed by atoms with Crippen molar-refractivity contribution >= 4 is 34.6 Å². The Morgan fingerprint density at radius 2 is 1.93 bits per heavy atom. The van der Waals surface area contributed by atoms with Crippen molar-refractivity contribution in [3.63, 3.8) is 0 Å². The summed E-state index contributed by atoms with van der Waals surface area (Å²) in [5, 5.41) is 1.28. The molecule has 0 aliphatic rings. The van der Waals surface area contributed by atoms with Crippen LogP contribution in [0, 0.1) is 6.92 Å². The van der Waals surface area contributed by atoms with Gasteiger partial charge in [-0.25, -0.2) is 9.59 Å². The second-order valence-electron chi connectivity index (χ2n) is 6.24. The first-order valence-electron chi connectivity index (χ1n) is 8.71. The number of esters is 1. The lowest BCUT2D eigenvalue weighted by molar-refractivity contribution is -0.134. The highest BCUT2D eigenvalue weighted by Crippen LogP contribution is 2.31. The molecule has 3 rings (SSSR count). The summed E-state index contributed by atoms with van der Waals surface area (Å²) in [5.74, 6) is 0.522. The maximum atomic E-state index is 11.9. The van der Waals surface area contributed by atoms with Crippen LogP contribution in [0.2, 0.25) is 5.02 Å². The van der Waals surface area contributed by atoms with Gasteiger partial charge in [-0.3, -0.25) is 0 Å². The normalized spacial score (nSPS) is 11.0. The lowest BCUT2D eigenvalue weighted by Crippen LogP contribution is -2.05. The van der Waals surface area contributed by atoms with Crippen molar-refractivity contribution in [1.29, 1.82) is 0 Å². The molecule has 0 radical (unpaired) electrons. The average molecular weight is 415 g/mol. The van der Waals surface area contributed by atoms with Crippen LogP contribution in [0.4, 0.5) is 0 Å². The smallest absolute Gasteiger partial charge is 0.336 e. The minimum absolute atomic E-state index is 0.120. The van der Waals surface area contributed by atoms with E-state index in [1.165, 1.54) is 26.4 Å². The summed E-state index contributed by atoms with van der Waals surface area (Å²) in [6.07, 6.45) is 2.93. The number of benzene rings is 2. The predicted molar refractivity (Wildman–Crippen MR) is 111 cm³/mol. The Labute approximate surface area is 172 Å². The lowest BCUT2D eigenvalue weighted by atomic mass is 10.1. The van der Waals surface area contributed by atoms with Gasteiger partial charge in [0.2, 0.25) is 0 Å². The van der Waals surface area contributed by atoms with Gasteiger partial charge in [0.05, 0.1) is 14.2 Å². The number of carbonyl (C=O) groups is 1. The van der Waals surface area contributed by atoms with Crippen molar-refractivity contribution in [2.24, 2.45) is 0 Å². The highest BCUT2D eigenvalue weighted by molar-refractivity contribution is 6.32. The van der Waals surface area contributed by atoms with Gasteiger partial charge in [0.25, 0.3) is 0 Å². The molecule has 0 aliphatic carbocycles. The second kappa shape index (κ2) is 8.84. The first kappa shape index (κ1) is 20.5. The minimum Gasteiger partial charge on any atom is -0.493 e. The van der Waals surface area contributed by atoms with Gasteiger partial charge in [0.1, 0.15) is 12.2 Å². The fraction of sp³-hybridized carbons (Fsp3) is 0.182. The quantitative estimate of drug-likeness (QED) is 0.335. The molecule has 0 unspecified atom stereocenters. The molecular formula is C22H19ClO6. The summed E-state index contributed by atoms with van der Waals surface area (Å²) in [6.45, 7) is 1.96. The molecule has 0 spiro atoms. The molecule has 0 atom stereocenters. The Bertz CT molecular complexity index is 1150. The van der Waals surface area contributed by atoms with E-state index in [1.54, 1.807) is 36.4 Å². The topological polar surface area (TPSA) is 75.0 Å². The maximum Gasteiger partial charge on any atom is 0.336 e. The molecule has 3 aromatic rings. The number of methoxy groups -OCH3 is 2. The number of rotatable bonds is 6. The molecule has 7 heteroatoms. The first-order valence-corrected chi connectivity index (χ1v) is 9.09. The van der Waals surface area contributed by atoms with E-state index in [2.05, 4.69) is 4.74 Å². The van der Waals surface area contributed by atoms with Gasteiger partial charge in [-0.05, 0) is 48.4 Å². The van der Waals surface area contributed by atoms with Crippen molar-refractivity contribution in [2.45, 2.75) is 13.5 Å². The Kier molecular flexibility index (Phi) is 6.24. The summed E-state index contributed by atoms with van der Waals surface area (Å²) in [7, 11) is 2.83. The maximum absolute atomic E-state index is 11.9. The third-order valence-corrected chi connectivity index (χ3v) is 4.70. The Morgan fingerprint density at radius 3 is 2.66 bits per heavy atom. The molecule has 0 N–H and O–H groups in total. The van der Waals surface area contributed by atoms with Crippen molar-refractivity contribution in [3.8, 4) is 11.5 Å². The molecule has 29 heavy (non-hydrogen) atoms. The van der Waals surface area contributed by atoms with Crippen LogP contribution >= 0.6 is 11.6 Å². The Hall–Kier alpha value is -3.25. The minimum atomic E-state index is -0.465. The van der Waals surface area contributed by atoms with E-state index in [0.717, 1.165) is 11.1 Å². The van der Waals surface area contributed by atoms with Crippen LogP contribution in [0.15, 0.2) is 51.7 Å². The van der Waals surface area contributed by atoms with Gasteiger partial charge in [0.15, 0.2) is 11.5 Å². The number of carbonyl (C=O) groups excluding carboxylic acids is 1. The molecule has 6 nitrogen and oxygen atoms in total. The molecular weight excluding hydrogens is 396 g/mol. The summed E-state index contributed by atoms with van der Waals surface area (Å²) in [5.41, 5.74) is 2.20.